The monoisotopic (exact) mass is 477 g/mol. The number of anilines is 1. The summed E-state index contributed by atoms with van der Waals surface area (Å²) >= 11 is 5.90. The molecule has 0 unspecified atom stereocenters. The topological polar surface area (TPSA) is 76.8 Å². The summed E-state index contributed by atoms with van der Waals surface area (Å²) in [6, 6.07) is 16.1. The fourth-order valence-electron chi connectivity index (χ4n) is 2.51. The smallest absolute Gasteiger partial charge is 0.415 e. The lowest BCUT2D eigenvalue weighted by Gasteiger charge is -2.21. The molecule has 1 N–H and O–H groups in total. The average Bonchev–Trinajstić information content (AvgIpc) is 3.37. The molecule has 1 heterocycles. The number of halogens is 1. The molecule has 0 fully saturated rings. The number of carbonyl (C=O) groups is 1. The van der Waals surface area contributed by atoms with Crippen molar-refractivity contribution in [3.8, 4) is 11.6 Å². The molecule has 182 valence electrons. The van der Waals surface area contributed by atoms with Gasteiger partial charge in [0.1, 0.15) is 13.3 Å². The molecule has 0 spiro atoms. The lowest BCUT2D eigenvalue weighted by Crippen LogP contribution is -2.32. The largest absolute Gasteiger partial charge is 0.472 e. The SMILES string of the molecule is CC.CC.CC.COC(=O)N(CO)c1ccccc1COc1ccn(-c2ccc(Cl)cc2)n1. The standard InChI is InChI=1S/C19H18ClN3O4.3C2H6/c1-26-19(25)22(13-24)17-5-3-2-4-14(17)12-27-18-10-11-23(21-18)16-8-6-15(20)7-9-16;3*1-2/h2-11,24H,12-13H2,1H3;3*1-2H3. The van der Waals surface area contributed by atoms with E-state index in [-0.39, 0.29) is 6.61 Å². The van der Waals surface area contributed by atoms with Crippen molar-refractivity contribution in [1.29, 1.82) is 0 Å². The van der Waals surface area contributed by atoms with Crippen LogP contribution in [0.15, 0.2) is 60.8 Å². The summed E-state index contributed by atoms with van der Waals surface area (Å²) in [4.78, 5) is 12.9. The predicted molar refractivity (Wildman–Crippen MR) is 135 cm³/mol. The van der Waals surface area contributed by atoms with Crippen LogP contribution >= 0.6 is 11.6 Å². The Morgan fingerprint density at radius 3 is 2.18 bits per heavy atom. The van der Waals surface area contributed by atoms with Gasteiger partial charge >= 0.3 is 6.09 Å². The van der Waals surface area contributed by atoms with Gasteiger partial charge in [-0.25, -0.2) is 9.48 Å². The molecule has 0 aliphatic carbocycles. The molecule has 3 aromatic rings. The zero-order valence-electron chi connectivity index (χ0n) is 20.6. The Bertz CT molecular complexity index is 914. The normalized spacial score (nSPS) is 9.12. The van der Waals surface area contributed by atoms with E-state index in [2.05, 4.69) is 5.10 Å². The second-order valence-electron chi connectivity index (χ2n) is 5.53. The summed E-state index contributed by atoms with van der Waals surface area (Å²) in [6.07, 6.45) is 1.12. The van der Waals surface area contributed by atoms with E-state index in [1.165, 1.54) is 7.11 Å². The Kier molecular flexibility index (Phi) is 15.9. The zero-order valence-corrected chi connectivity index (χ0v) is 21.3. The molecule has 3 rings (SSSR count). The van der Waals surface area contributed by atoms with Crippen molar-refractivity contribution in [2.75, 3.05) is 18.7 Å². The molecule has 7 nitrogen and oxygen atoms in total. The van der Waals surface area contributed by atoms with Gasteiger partial charge in [0.25, 0.3) is 0 Å². The van der Waals surface area contributed by atoms with Crippen molar-refractivity contribution in [3.05, 3.63) is 71.4 Å². The number of nitrogens with zero attached hydrogens (tertiary/aromatic N) is 3. The number of aromatic nitrogens is 2. The first-order valence-electron chi connectivity index (χ1n) is 11.1. The van der Waals surface area contributed by atoms with E-state index in [0.717, 1.165) is 10.6 Å². The fourth-order valence-corrected chi connectivity index (χ4v) is 2.64. The second kappa shape index (κ2) is 17.5. The molecular weight excluding hydrogens is 442 g/mol. The number of methoxy groups -OCH3 is 1. The highest BCUT2D eigenvalue weighted by atomic mass is 35.5. The Labute approximate surface area is 202 Å². The van der Waals surface area contributed by atoms with Crippen LogP contribution in [0, 0.1) is 0 Å². The average molecular weight is 478 g/mol. The van der Waals surface area contributed by atoms with Gasteiger partial charge in [-0.2, -0.15) is 0 Å². The highest BCUT2D eigenvalue weighted by Crippen LogP contribution is 2.23. The summed E-state index contributed by atoms with van der Waals surface area (Å²) in [6.45, 7) is 11.7. The Hall–Kier alpha value is -3.03. The minimum atomic E-state index is -0.656. The van der Waals surface area contributed by atoms with Crippen molar-refractivity contribution in [2.45, 2.75) is 48.1 Å². The third-order valence-electron chi connectivity index (χ3n) is 3.85. The number of ether oxygens (including phenoxy) is 2. The van der Waals surface area contributed by atoms with Crippen LogP contribution in [0.1, 0.15) is 47.1 Å². The van der Waals surface area contributed by atoms with Crippen molar-refractivity contribution in [2.24, 2.45) is 0 Å². The van der Waals surface area contributed by atoms with E-state index in [1.54, 1.807) is 47.3 Å². The first kappa shape index (κ1) is 30.0. The molecule has 33 heavy (non-hydrogen) atoms. The zero-order chi connectivity index (χ0) is 25.2. The number of carbonyl (C=O) groups excluding carboxylic acids is 1. The van der Waals surface area contributed by atoms with Gasteiger partial charge in [0.05, 0.1) is 18.5 Å². The van der Waals surface area contributed by atoms with E-state index in [4.69, 9.17) is 21.1 Å². The molecule has 1 aromatic heterocycles. The Morgan fingerprint density at radius 1 is 1.00 bits per heavy atom. The minimum absolute atomic E-state index is 0.168. The van der Waals surface area contributed by atoms with Crippen LogP contribution in [0.2, 0.25) is 5.02 Å². The van der Waals surface area contributed by atoms with Crippen LogP contribution in [0.25, 0.3) is 5.69 Å². The molecule has 0 saturated heterocycles. The van der Waals surface area contributed by atoms with Gasteiger partial charge in [-0.3, -0.25) is 4.90 Å². The number of amides is 1. The van der Waals surface area contributed by atoms with E-state index >= 15 is 0 Å². The summed E-state index contributed by atoms with van der Waals surface area (Å²) < 4.78 is 12.1. The Balaban J connectivity index is 0.00000158. The van der Waals surface area contributed by atoms with Crippen molar-refractivity contribution < 1.29 is 19.4 Å². The van der Waals surface area contributed by atoms with Crippen LogP contribution < -0.4 is 9.64 Å². The predicted octanol–water partition coefficient (Wildman–Crippen LogP) is 6.71. The molecule has 0 bridgehead atoms. The van der Waals surface area contributed by atoms with E-state index in [0.29, 0.717) is 22.2 Å². The summed E-state index contributed by atoms with van der Waals surface area (Å²) in [5.41, 5.74) is 2.06. The van der Waals surface area contributed by atoms with Crippen LogP contribution in [0.3, 0.4) is 0 Å². The number of hydrogen-bond donors (Lipinski definition) is 1. The highest BCUT2D eigenvalue weighted by molar-refractivity contribution is 6.30. The van der Waals surface area contributed by atoms with Gasteiger partial charge < -0.3 is 14.6 Å². The van der Waals surface area contributed by atoms with E-state index < -0.39 is 12.8 Å². The van der Waals surface area contributed by atoms with E-state index in [1.807, 2.05) is 59.7 Å². The Morgan fingerprint density at radius 2 is 1.61 bits per heavy atom. The number of para-hydroxylation sites is 1. The van der Waals surface area contributed by atoms with Crippen molar-refractivity contribution >= 4 is 23.4 Å². The maximum absolute atomic E-state index is 11.8. The third kappa shape index (κ3) is 9.16. The summed E-state index contributed by atoms with van der Waals surface area (Å²) in [5, 5.41) is 14.5. The van der Waals surface area contributed by atoms with Crippen LogP contribution in [0.5, 0.6) is 5.88 Å². The lowest BCUT2D eigenvalue weighted by atomic mass is 10.2. The maximum atomic E-state index is 11.8. The molecule has 0 aliphatic heterocycles. The molecule has 2 aromatic carbocycles. The number of aliphatic hydroxyl groups is 1. The molecule has 0 atom stereocenters. The fraction of sp³-hybridized carbons (Fsp3) is 0.360. The summed E-state index contributed by atoms with van der Waals surface area (Å²) in [7, 11) is 1.26. The van der Waals surface area contributed by atoms with E-state index in [9.17, 15) is 9.90 Å². The molecule has 0 radical (unpaired) electrons. The van der Waals surface area contributed by atoms with Crippen LogP contribution in [-0.2, 0) is 11.3 Å². The highest BCUT2D eigenvalue weighted by Gasteiger charge is 2.18. The second-order valence-corrected chi connectivity index (χ2v) is 5.97. The molecule has 8 heteroatoms. The van der Waals surface area contributed by atoms with Crippen molar-refractivity contribution in [3.63, 3.8) is 0 Å². The summed E-state index contributed by atoms with van der Waals surface area (Å²) in [5.74, 6) is 0.424. The van der Waals surface area contributed by atoms with Gasteiger partial charge in [-0.1, -0.05) is 71.3 Å². The number of hydrogen-bond acceptors (Lipinski definition) is 5. The molecule has 0 saturated carbocycles. The number of rotatable bonds is 6. The van der Waals surface area contributed by atoms with Gasteiger partial charge in [0.2, 0.25) is 5.88 Å². The lowest BCUT2D eigenvalue weighted by molar-refractivity contribution is 0.168. The number of benzene rings is 2. The first-order valence-corrected chi connectivity index (χ1v) is 11.5. The molecule has 0 aliphatic rings. The molecule has 1 amide bonds. The van der Waals surface area contributed by atoms with Gasteiger partial charge in [0, 0.05) is 22.8 Å². The third-order valence-corrected chi connectivity index (χ3v) is 4.10. The van der Waals surface area contributed by atoms with Gasteiger partial charge in [-0.15, -0.1) is 5.10 Å². The van der Waals surface area contributed by atoms with Gasteiger partial charge in [-0.05, 0) is 30.3 Å². The quantitative estimate of drug-likeness (QED) is 0.399. The molecular formula is C25H36ClN3O4. The van der Waals surface area contributed by atoms with Gasteiger partial charge in [0.15, 0.2) is 0 Å². The van der Waals surface area contributed by atoms with Crippen LogP contribution in [-0.4, -0.2) is 34.8 Å². The number of aliphatic hydroxyl groups excluding tert-OH is 1. The first-order chi connectivity index (χ1) is 16.1. The minimum Gasteiger partial charge on any atom is -0.472 e. The maximum Gasteiger partial charge on any atom is 0.415 e. The van der Waals surface area contributed by atoms with Crippen LogP contribution in [0.4, 0.5) is 10.5 Å². The van der Waals surface area contributed by atoms with Crippen molar-refractivity contribution in [1.82, 2.24) is 9.78 Å².